The lowest BCUT2D eigenvalue weighted by molar-refractivity contribution is -0.141. The number of anilines is 1. The van der Waals surface area contributed by atoms with Crippen molar-refractivity contribution in [3.8, 4) is 0 Å². The zero-order valence-electron chi connectivity index (χ0n) is 11.8. The molecule has 1 aromatic rings. The molecule has 0 bridgehead atoms. The summed E-state index contributed by atoms with van der Waals surface area (Å²) in [6.45, 7) is 3.66. The average molecular weight is 279 g/mol. The van der Waals surface area contributed by atoms with Crippen LogP contribution in [0.4, 0.5) is 5.82 Å². The van der Waals surface area contributed by atoms with E-state index < -0.39 is 11.9 Å². The lowest BCUT2D eigenvalue weighted by atomic mass is 10.0. The summed E-state index contributed by atoms with van der Waals surface area (Å²) in [6, 6.07) is 3.37. The van der Waals surface area contributed by atoms with E-state index in [1.807, 2.05) is 6.92 Å². The molecule has 20 heavy (non-hydrogen) atoms. The molecule has 0 aromatic carbocycles. The minimum Gasteiger partial charge on any atom is -0.481 e. The third-order valence-corrected chi connectivity index (χ3v) is 3.15. The molecule has 0 spiro atoms. The second-order valence-electron chi connectivity index (χ2n) is 4.98. The Balaban J connectivity index is 2.49. The van der Waals surface area contributed by atoms with Crippen molar-refractivity contribution < 1.29 is 14.7 Å². The first-order valence-electron chi connectivity index (χ1n) is 6.66. The van der Waals surface area contributed by atoms with Crippen LogP contribution in [0, 0.1) is 5.92 Å². The highest BCUT2D eigenvalue weighted by molar-refractivity contribution is 5.97. The van der Waals surface area contributed by atoms with Crippen LogP contribution in [-0.2, 0) is 4.79 Å². The van der Waals surface area contributed by atoms with Crippen molar-refractivity contribution in [2.75, 3.05) is 5.32 Å². The SMILES string of the molecule is CC(CCCC(C)C(=O)O)Nc1ncccc1C(N)=O. The van der Waals surface area contributed by atoms with Crippen LogP contribution < -0.4 is 11.1 Å². The maximum atomic E-state index is 11.3. The van der Waals surface area contributed by atoms with Crippen LogP contribution in [0.5, 0.6) is 0 Å². The molecule has 110 valence electrons. The molecule has 0 fully saturated rings. The number of pyridine rings is 1. The Morgan fingerprint density at radius 2 is 2.10 bits per heavy atom. The minimum atomic E-state index is -0.772. The molecule has 4 N–H and O–H groups in total. The Morgan fingerprint density at radius 1 is 1.40 bits per heavy atom. The first-order valence-corrected chi connectivity index (χ1v) is 6.66. The molecule has 0 saturated carbocycles. The Kier molecular flexibility index (Phi) is 5.96. The summed E-state index contributed by atoms with van der Waals surface area (Å²) < 4.78 is 0. The maximum absolute atomic E-state index is 11.3. The van der Waals surface area contributed by atoms with E-state index in [1.54, 1.807) is 25.3 Å². The van der Waals surface area contributed by atoms with Crippen LogP contribution in [0.25, 0.3) is 0 Å². The fourth-order valence-corrected chi connectivity index (χ4v) is 1.88. The van der Waals surface area contributed by atoms with Crippen LogP contribution in [0.2, 0.25) is 0 Å². The minimum absolute atomic E-state index is 0.0870. The number of primary amides is 1. The average Bonchev–Trinajstić information content (AvgIpc) is 2.38. The van der Waals surface area contributed by atoms with Gasteiger partial charge >= 0.3 is 5.97 Å². The van der Waals surface area contributed by atoms with Crippen molar-refractivity contribution in [3.05, 3.63) is 23.9 Å². The van der Waals surface area contributed by atoms with E-state index >= 15 is 0 Å². The molecule has 2 atom stereocenters. The Hall–Kier alpha value is -2.11. The van der Waals surface area contributed by atoms with Gasteiger partial charge < -0.3 is 16.2 Å². The van der Waals surface area contributed by atoms with Gasteiger partial charge in [-0.15, -0.1) is 0 Å². The number of nitrogens with two attached hydrogens (primary N) is 1. The Morgan fingerprint density at radius 3 is 2.70 bits per heavy atom. The number of rotatable bonds is 8. The van der Waals surface area contributed by atoms with E-state index in [-0.39, 0.29) is 12.0 Å². The van der Waals surface area contributed by atoms with Gasteiger partial charge in [0, 0.05) is 12.2 Å². The molecule has 0 aliphatic carbocycles. The predicted octanol–water partition coefficient (Wildman–Crippen LogP) is 1.87. The molecule has 2 unspecified atom stereocenters. The summed E-state index contributed by atoms with van der Waals surface area (Å²) in [6.07, 6.45) is 3.81. The van der Waals surface area contributed by atoms with E-state index in [2.05, 4.69) is 10.3 Å². The lowest BCUT2D eigenvalue weighted by Crippen LogP contribution is -2.21. The van der Waals surface area contributed by atoms with Gasteiger partial charge in [-0.05, 0) is 31.9 Å². The second-order valence-corrected chi connectivity index (χ2v) is 4.98. The number of carbonyl (C=O) groups is 2. The number of amides is 1. The molecule has 6 nitrogen and oxygen atoms in total. The zero-order chi connectivity index (χ0) is 15.1. The second kappa shape index (κ2) is 7.47. The van der Waals surface area contributed by atoms with Crippen molar-refractivity contribution >= 4 is 17.7 Å². The topological polar surface area (TPSA) is 105 Å². The number of aliphatic carboxylic acids is 1. The molecule has 0 saturated heterocycles. The third kappa shape index (κ3) is 4.87. The number of carbonyl (C=O) groups excluding carboxylic acids is 1. The van der Waals surface area contributed by atoms with Gasteiger partial charge in [-0.2, -0.15) is 0 Å². The summed E-state index contributed by atoms with van der Waals surface area (Å²) >= 11 is 0. The standard InChI is InChI=1S/C14H21N3O3/c1-9(14(19)20)5-3-6-10(2)17-13-11(12(15)18)7-4-8-16-13/h4,7-10H,3,5-6H2,1-2H3,(H2,15,18)(H,16,17)(H,19,20). The summed E-state index contributed by atoms with van der Waals surface area (Å²) in [5.41, 5.74) is 5.64. The molecule has 6 heteroatoms. The normalized spacial score (nSPS) is 13.5. The van der Waals surface area contributed by atoms with Crippen molar-refractivity contribution in [2.45, 2.75) is 39.2 Å². The van der Waals surface area contributed by atoms with Crippen LogP contribution in [0.1, 0.15) is 43.5 Å². The predicted molar refractivity (Wildman–Crippen MR) is 76.5 cm³/mol. The fourth-order valence-electron chi connectivity index (χ4n) is 1.88. The van der Waals surface area contributed by atoms with Crippen molar-refractivity contribution in [2.24, 2.45) is 11.7 Å². The van der Waals surface area contributed by atoms with E-state index in [0.29, 0.717) is 17.8 Å². The Bertz CT molecular complexity index is 476. The van der Waals surface area contributed by atoms with E-state index in [4.69, 9.17) is 10.8 Å². The maximum Gasteiger partial charge on any atom is 0.306 e. The number of nitrogens with zero attached hydrogens (tertiary/aromatic N) is 1. The van der Waals surface area contributed by atoms with Crippen molar-refractivity contribution in [1.82, 2.24) is 4.98 Å². The summed E-state index contributed by atoms with van der Waals surface area (Å²) in [4.78, 5) is 26.1. The van der Waals surface area contributed by atoms with Gasteiger partial charge in [0.2, 0.25) is 0 Å². The number of aromatic nitrogens is 1. The number of hydrogen-bond acceptors (Lipinski definition) is 4. The number of nitrogens with one attached hydrogen (secondary N) is 1. The van der Waals surface area contributed by atoms with Crippen LogP contribution >= 0.6 is 0 Å². The third-order valence-electron chi connectivity index (χ3n) is 3.15. The zero-order valence-corrected chi connectivity index (χ0v) is 11.8. The van der Waals surface area contributed by atoms with Crippen LogP contribution in [-0.4, -0.2) is 28.0 Å². The van der Waals surface area contributed by atoms with Crippen LogP contribution in [0.15, 0.2) is 18.3 Å². The van der Waals surface area contributed by atoms with Gasteiger partial charge in [-0.25, -0.2) is 4.98 Å². The van der Waals surface area contributed by atoms with E-state index in [9.17, 15) is 9.59 Å². The molecule has 0 radical (unpaired) electrons. The first-order chi connectivity index (χ1) is 9.41. The fraction of sp³-hybridized carbons (Fsp3) is 0.500. The lowest BCUT2D eigenvalue weighted by Gasteiger charge is -2.16. The van der Waals surface area contributed by atoms with Gasteiger partial charge in [0.15, 0.2) is 0 Å². The number of hydrogen-bond donors (Lipinski definition) is 3. The van der Waals surface area contributed by atoms with Gasteiger partial charge in [-0.3, -0.25) is 9.59 Å². The highest BCUT2D eigenvalue weighted by atomic mass is 16.4. The van der Waals surface area contributed by atoms with Gasteiger partial charge in [0.25, 0.3) is 5.91 Å². The molecule has 1 amide bonds. The summed E-state index contributed by atoms with van der Waals surface area (Å²) in [5, 5.41) is 11.9. The molecule has 1 heterocycles. The Labute approximate surface area is 118 Å². The van der Waals surface area contributed by atoms with Gasteiger partial charge in [0.05, 0.1) is 11.5 Å². The molecule has 1 aromatic heterocycles. The highest BCUT2D eigenvalue weighted by Gasteiger charge is 2.13. The number of carboxylic acids is 1. The molecular weight excluding hydrogens is 258 g/mol. The quantitative estimate of drug-likeness (QED) is 0.673. The van der Waals surface area contributed by atoms with E-state index in [1.165, 1.54) is 0 Å². The van der Waals surface area contributed by atoms with Gasteiger partial charge in [-0.1, -0.05) is 13.3 Å². The van der Waals surface area contributed by atoms with Crippen molar-refractivity contribution in [1.29, 1.82) is 0 Å². The summed E-state index contributed by atoms with van der Waals surface area (Å²) in [7, 11) is 0. The molecule has 0 aliphatic heterocycles. The molecular formula is C14H21N3O3. The van der Waals surface area contributed by atoms with Gasteiger partial charge in [0.1, 0.15) is 5.82 Å². The number of carboxylic acid groups (broad SMARTS) is 1. The van der Waals surface area contributed by atoms with Crippen molar-refractivity contribution in [3.63, 3.8) is 0 Å². The first kappa shape index (κ1) is 15.9. The van der Waals surface area contributed by atoms with E-state index in [0.717, 1.165) is 12.8 Å². The smallest absolute Gasteiger partial charge is 0.306 e. The van der Waals surface area contributed by atoms with Crippen LogP contribution in [0.3, 0.4) is 0 Å². The molecule has 1 rings (SSSR count). The highest BCUT2D eigenvalue weighted by Crippen LogP contribution is 2.15. The largest absolute Gasteiger partial charge is 0.481 e. The monoisotopic (exact) mass is 279 g/mol. The summed E-state index contributed by atoms with van der Waals surface area (Å²) in [5.74, 6) is -1.16. The molecule has 0 aliphatic rings.